The molecule has 0 aliphatic heterocycles. The summed E-state index contributed by atoms with van der Waals surface area (Å²) < 4.78 is 60.9. The molecule has 0 N–H and O–H groups in total. The second-order valence-electron chi connectivity index (χ2n) is 5.46. The van der Waals surface area contributed by atoms with Crippen molar-refractivity contribution in [2.24, 2.45) is 0 Å². The van der Waals surface area contributed by atoms with Crippen LogP contribution >= 0.6 is 0 Å². The molecule has 1 nitrogen and oxygen atoms in total. The summed E-state index contributed by atoms with van der Waals surface area (Å²) in [5.74, 6) is -0.371. The molecule has 4 aromatic rings. The van der Waals surface area contributed by atoms with E-state index in [1.54, 1.807) is 30.3 Å². The van der Waals surface area contributed by atoms with Gasteiger partial charge in [-0.25, -0.2) is 4.39 Å². The first-order valence-electron chi connectivity index (χ1n) is 10.2. The third-order valence-electron chi connectivity index (χ3n) is 3.93. The molecule has 1 heterocycles. The highest BCUT2D eigenvalue weighted by Gasteiger charge is 2.12. The number of fused-ring (bicyclic) bond motifs is 3. The molecule has 0 fully saturated rings. The SMILES string of the molecule is [2H]C([2H])([2H])c1cc(-c2nccc3cc(F)c4ccccc4c23)cc(C([2H])([2H])[2H])c1. The summed E-state index contributed by atoms with van der Waals surface area (Å²) in [4.78, 5) is 4.41. The van der Waals surface area contributed by atoms with Crippen LogP contribution in [0.3, 0.4) is 0 Å². The van der Waals surface area contributed by atoms with Crippen molar-refractivity contribution in [3.63, 3.8) is 0 Å². The summed E-state index contributed by atoms with van der Waals surface area (Å²) >= 11 is 0. The van der Waals surface area contributed by atoms with Gasteiger partial charge in [-0.1, -0.05) is 41.5 Å². The van der Waals surface area contributed by atoms with E-state index in [4.69, 9.17) is 8.22 Å². The third kappa shape index (κ3) is 2.27. The number of pyridine rings is 1. The van der Waals surface area contributed by atoms with Crippen molar-refractivity contribution in [3.8, 4) is 11.3 Å². The Labute approximate surface area is 142 Å². The predicted octanol–water partition coefficient (Wildman–Crippen LogP) is 5.81. The fourth-order valence-corrected chi connectivity index (χ4v) is 2.99. The molecule has 0 saturated heterocycles. The molecular weight excluding hydrogens is 285 g/mol. The van der Waals surface area contributed by atoms with E-state index in [-0.39, 0.29) is 16.9 Å². The van der Waals surface area contributed by atoms with Crippen molar-refractivity contribution in [2.45, 2.75) is 13.7 Å². The first kappa shape index (κ1) is 8.78. The number of benzene rings is 3. The quantitative estimate of drug-likeness (QED) is 0.404. The molecule has 3 aromatic carbocycles. The topological polar surface area (TPSA) is 12.9 Å². The number of aryl methyl sites for hydroxylation is 2. The van der Waals surface area contributed by atoms with Crippen molar-refractivity contribution in [3.05, 3.63) is 77.7 Å². The van der Waals surface area contributed by atoms with Gasteiger partial charge in [0, 0.05) is 30.8 Å². The van der Waals surface area contributed by atoms with Crippen LogP contribution in [0.15, 0.2) is 60.8 Å². The molecular formula is C21H16FN. The Morgan fingerprint density at radius 2 is 1.65 bits per heavy atom. The zero-order valence-electron chi connectivity index (χ0n) is 18.1. The Morgan fingerprint density at radius 3 is 2.39 bits per heavy atom. The third-order valence-corrected chi connectivity index (χ3v) is 3.93. The van der Waals surface area contributed by atoms with Crippen molar-refractivity contribution in [2.75, 3.05) is 0 Å². The van der Waals surface area contributed by atoms with Crippen LogP contribution in [0, 0.1) is 19.5 Å². The number of hydrogen-bond acceptors (Lipinski definition) is 1. The Morgan fingerprint density at radius 1 is 0.913 bits per heavy atom. The number of nitrogens with zero attached hydrogens (tertiary/aromatic N) is 1. The highest BCUT2D eigenvalue weighted by Crippen LogP contribution is 2.34. The van der Waals surface area contributed by atoms with E-state index in [9.17, 15) is 4.39 Å². The summed E-state index contributed by atoms with van der Waals surface area (Å²) in [6.45, 7) is -4.95. The van der Waals surface area contributed by atoms with Crippen LogP contribution in [0.1, 0.15) is 19.4 Å². The summed E-state index contributed by atoms with van der Waals surface area (Å²) in [6.07, 6.45) is 1.50. The molecule has 0 atom stereocenters. The summed E-state index contributed by atoms with van der Waals surface area (Å²) in [7, 11) is 0. The van der Waals surface area contributed by atoms with Crippen LogP contribution in [0.4, 0.5) is 4.39 Å². The highest BCUT2D eigenvalue weighted by atomic mass is 19.1. The van der Waals surface area contributed by atoms with Crippen molar-refractivity contribution >= 4 is 21.5 Å². The Bertz CT molecular complexity index is 1210. The number of halogens is 1. The second kappa shape index (κ2) is 5.17. The number of aromatic nitrogens is 1. The zero-order chi connectivity index (χ0) is 21.0. The zero-order valence-corrected chi connectivity index (χ0v) is 12.1. The maximum Gasteiger partial charge on any atom is 0.131 e. The molecule has 0 unspecified atom stereocenters. The van der Waals surface area contributed by atoms with E-state index in [1.165, 1.54) is 30.5 Å². The molecule has 1 aromatic heterocycles. The molecule has 0 bridgehead atoms. The highest BCUT2D eigenvalue weighted by molar-refractivity contribution is 6.13. The van der Waals surface area contributed by atoms with Crippen molar-refractivity contribution in [1.29, 1.82) is 0 Å². The first-order chi connectivity index (χ1) is 13.6. The van der Waals surface area contributed by atoms with Gasteiger partial charge in [0.15, 0.2) is 0 Å². The average molecular weight is 307 g/mol. The van der Waals surface area contributed by atoms with E-state index in [2.05, 4.69) is 4.98 Å². The first-order valence-corrected chi connectivity index (χ1v) is 7.18. The van der Waals surface area contributed by atoms with Crippen LogP contribution in [-0.4, -0.2) is 4.98 Å². The monoisotopic (exact) mass is 307 g/mol. The lowest BCUT2D eigenvalue weighted by molar-refractivity contribution is 0.641. The van der Waals surface area contributed by atoms with Gasteiger partial charge >= 0.3 is 0 Å². The van der Waals surface area contributed by atoms with Gasteiger partial charge in [0.2, 0.25) is 0 Å². The molecule has 2 heteroatoms. The standard InChI is InChI=1S/C21H16FN/c1-13-9-14(2)11-16(10-13)21-20-15(7-8-23-21)12-19(22)17-5-3-4-6-18(17)20/h3-12H,1-2H3/i1D3,2D3. The van der Waals surface area contributed by atoms with E-state index >= 15 is 0 Å². The van der Waals surface area contributed by atoms with Gasteiger partial charge in [0.25, 0.3) is 0 Å². The predicted molar refractivity (Wildman–Crippen MR) is 94.1 cm³/mol. The van der Waals surface area contributed by atoms with Crippen LogP contribution in [-0.2, 0) is 0 Å². The fourth-order valence-electron chi connectivity index (χ4n) is 2.99. The molecule has 0 radical (unpaired) electrons. The summed E-state index contributed by atoms with van der Waals surface area (Å²) in [5, 5.41) is 2.28. The van der Waals surface area contributed by atoms with Gasteiger partial charge in [0.1, 0.15) is 5.82 Å². The Kier molecular flexibility index (Phi) is 1.97. The number of rotatable bonds is 1. The molecule has 0 aliphatic rings. The summed E-state index contributed by atoms with van der Waals surface area (Å²) in [6, 6.07) is 14.1. The average Bonchev–Trinajstić information content (AvgIpc) is 2.66. The lowest BCUT2D eigenvalue weighted by Crippen LogP contribution is -1.91. The number of hydrogen-bond donors (Lipinski definition) is 0. The van der Waals surface area contributed by atoms with Gasteiger partial charge in [-0.15, -0.1) is 0 Å². The van der Waals surface area contributed by atoms with Crippen LogP contribution in [0.25, 0.3) is 32.8 Å². The molecule has 4 rings (SSSR count). The summed E-state index contributed by atoms with van der Waals surface area (Å²) in [5.41, 5.74) is 0.625. The second-order valence-corrected chi connectivity index (χ2v) is 5.46. The van der Waals surface area contributed by atoms with Crippen molar-refractivity contribution < 1.29 is 12.6 Å². The fraction of sp³-hybridized carbons (Fsp3) is 0.0952. The van der Waals surface area contributed by atoms with Gasteiger partial charge in [0.05, 0.1) is 5.69 Å². The van der Waals surface area contributed by atoms with Crippen LogP contribution < -0.4 is 0 Å². The molecule has 0 aliphatic carbocycles. The van der Waals surface area contributed by atoms with Gasteiger partial charge in [-0.05, 0) is 48.7 Å². The van der Waals surface area contributed by atoms with Crippen LogP contribution in [0.2, 0.25) is 0 Å². The normalized spacial score (nSPS) is 16.2. The molecule has 0 saturated carbocycles. The maximum atomic E-state index is 14.5. The van der Waals surface area contributed by atoms with Crippen LogP contribution in [0.5, 0.6) is 0 Å². The Hall–Kier alpha value is -2.74. The van der Waals surface area contributed by atoms with E-state index in [1.807, 2.05) is 0 Å². The molecule has 23 heavy (non-hydrogen) atoms. The lowest BCUT2D eigenvalue weighted by Gasteiger charge is -2.11. The lowest BCUT2D eigenvalue weighted by atomic mass is 9.96. The Balaban J connectivity index is 2.11. The molecule has 0 amide bonds. The van der Waals surface area contributed by atoms with Crippen molar-refractivity contribution in [1.82, 2.24) is 4.98 Å². The molecule has 112 valence electrons. The van der Waals surface area contributed by atoms with E-state index in [0.717, 1.165) is 0 Å². The van der Waals surface area contributed by atoms with E-state index in [0.29, 0.717) is 32.8 Å². The van der Waals surface area contributed by atoms with E-state index < -0.39 is 13.7 Å². The molecule has 0 spiro atoms. The largest absolute Gasteiger partial charge is 0.256 e. The minimum atomic E-state index is -2.48. The van der Waals surface area contributed by atoms with Gasteiger partial charge in [-0.2, -0.15) is 0 Å². The minimum absolute atomic E-state index is 0.0775. The smallest absolute Gasteiger partial charge is 0.131 e. The van der Waals surface area contributed by atoms with Gasteiger partial charge in [-0.3, -0.25) is 4.98 Å². The minimum Gasteiger partial charge on any atom is -0.256 e. The van der Waals surface area contributed by atoms with Gasteiger partial charge < -0.3 is 0 Å². The maximum absolute atomic E-state index is 14.5.